The van der Waals surface area contributed by atoms with Crippen LogP contribution in [0.25, 0.3) is 11.3 Å². The van der Waals surface area contributed by atoms with Crippen molar-refractivity contribution >= 4 is 11.8 Å². The molecule has 0 saturated heterocycles. The third-order valence-electron chi connectivity index (χ3n) is 5.37. The molecule has 0 bridgehead atoms. The summed E-state index contributed by atoms with van der Waals surface area (Å²) >= 11 is 0. The molecule has 1 unspecified atom stereocenters. The van der Waals surface area contributed by atoms with Gasteiger partial charge in [0.1, 0.15) is 18.2 Å². The van der Waals surface area contributed by atoms with E-state index in [0.717, 1.165) is 35.6 Å². The van der Waals surface area contributed by atoms with Crippen molar-refractivity contribution in [2.75, 3.05) is 30.4 Å². The van der Waals surface area contributed by atoms with Crippen LogP contribution >= 0.6 is 0 Å². The van der Waals surface area contributed by atoms with Crippen molar-refractivity contribution in [2.45, 2.75) is 39.2 Å². The molecule has 0 aromatic carbocycles. The number of nitrogens with zero attached hydrogens (tertiary/aromatic N) is 3. The van der Waals surface area contributed by atoms with Crippen molar-refractivity contribution in [1.82, 2.24) is 19.9 Å². The maximum Gasteiger partial charge on any atom is 0.261 e. The first-order chi connectivity index (χ1) is 15.4. The predicted molar refractivity (Wildman–Crippen MR) is 123 cm³/mol. The molecule has 9 nitrogen and oxygen atoms in total. The number of pyridine rings is 2. The summed E-state index contributed by atoms with van der Waals surface area (Å²) in [6.07, 6.45) is 4.01. The van der Waals surface area contributed by atoms with Gasteiger partial charge in [-0.25, -0.2) is 9.97 Å². The molecule has 0 saturated carbocycles. The lowest BCUT2D eigenvalue weighted by Gasteiger charge is -2.14. The fourth-order valence-electron chi connectivity index (χ4n) is 3.82. The molecular weight excluding hydrogens is 408 g/mol. The van der Waals surface area contributed by atoms with Crippen molar-refractivity contribution < 1.29 is 9.84 Å². The Balaban J connectivity index is 1.53. The highest BCUT2D eigenvalue weighted by Crippen LogP contribution is 2.35. The highest BCUT2D eigenvalue weighted by Gasteiger charge is 2.25. The second-order valence-electron chi connectivity index (χ2n) is 8.18. The monoisotopic (exact) mass is 436 g/mol. The maximum absolute atomic E-state index is 12.5. The number of hydrogen-bond acceptors (Lipinski definition) is 8. The summed E-state index contributed by atoms with van der Waals surface area (Å²) in [4.78, 5) is 28.7. The van der Waals surface area contributed by atoms with Crippen molar-refractivity contribution in [3.8, 4) is 17.0 Å². The van der Waals surface area contributed by atoms with E-state index in [-0.39, 0.29) is 30.7 Å². The van der Waals surface area contributed by atoms with E-state index in [0.29, 0.717) is 23.0 Å². The number of hydrogen-bond donors (Lipinski definition) is 4. The first-order valence-corrected chi connectivity index (χ1v) is 10.7. The van der Waals surface area contributed by atoms with Crippen LogP contribution in [-0.4, -0.2) is 50.8 Å². The lowest BCUT2D eigenvalue weighted by molar-refractivity contribution is 0.201. The molecule has 0 amide bonds. The number of aliphatic hydroxyl groups excluding tert-OH is 1. The number of aromatic amines is 1. The fourth-order valence-corrected chi connectivity index (χ4v) is 3.82. The van der Waals surface area contributed by atoms with Gasteiger partial charge in [-0.1, -0.05) is 6.07 Å². The van der Waals surface area contributed by atoms with Gasteiger partial charge in [-0.2, -0.15) is 0 Å². The summed E-state index contributed by atoms with van der Waals surface area (Å²) in [6, 6.07) is 6.05. The normalized spacial score (nSPS) is 14.8. The van der Waals surface area contributed by atoms with E-state index in [2.05, 4.69) is 30.6 Å². The van der Waals surface area contributed by atoms with Gasteiger partial charge in [-0.15, -0.1) is 0 Å². The van der Waals surface area contributed by atoms with Crippen molar-refractivity contribution in [3.05, 3.63) is 57.8 Å². The molecule has 32 heavy (non-hydrogen) atoms. The van der Waals surface area contributed by atoms with E-state index in [1.54, 1.807) is 12.4 Å². The average molecular weight is 437 g/mol. The number of ether oxygens (including phenoxy) is 1. The molecule has 0 fully saturated rings. The van der Waals surface area contributed by atoms with Crippen LogP contribution in [0.3, 0.4) is 0 Å². The minimum Gasteiger partial charge on any atom is -0.490 e. The Kier molecular flexibility index (Phi) is 6.36. The number of anilines is 2. The molecule has 9 heteroatoms. The Morgan fingerprint density at radius 1 is 1.28 bits per heavy atom. The number of aryl methyl sites for hydroxylation is 1. The van der Waals surface area contributed by atoms with Crippen LogP contribution in [0.5, 0.6) is 5.75 Å². The van der Waals surface area contributed by atoms with Gasteiger partial charge in [0, 0.05) is 36.0 Å². The smallest absolute Gasteiger partial charge is 0.261 e. The molecule has 0 radical (unpaired) electrons. The van der Waals surface area contributed by atoms with Gasteiger partial charge in [-0.05, 0) is 44.9 Å². The molecule has 168 valence electrons. The number of aliphatic hydroxyl groups is 1. The summed E-state index contributed by atoms with van der Waals surface area (Å²) in [5.74, 6) is 2.19. The SMILES string of the molecule is Cc1nc(-c2cnc(NC(C)C)[nH]c2=O)ccc1CC1CNc2ncc(OCCO)cc21. The van der Waals surface area contributed by atoms with Crippen LogP contribution in [0.15, 0.2) is 35.4 Å². The van der Waals surface area contributed by atoms with E-state index in [1.165, 1.54) is 0 Å². The third-order valence-corrected chi connectivity index (χ3v) is 5.37. The van der Waals surface area contributed by atoms with E-state index in [4.69, 9.17) is 9.84 Å². The molecule has 3 aromatic heterocycles. The molecular formula is C23H28N6O3. The molecule has 0 aliphatic carbocycles. The Bertz CT molecular complexity index is 1160. The van der Waals surface area contributed by atoms with E-state index >= 15 is 0 Å². The van der Waals surface area contributed by atoms with Crippen LogP contribution in [0, 0.1) is 6.92 Å². The second kappa shape index (κ2) is 9.35. The van der Waals surface area contributed by atoms with Crippen LogP contribution in [0.2, 0.25) is 0 Å². The first-order valence-electron chi connectivity index (χ1n) is 10.7. The van der Waals surface area contributed by atoms with Crippen LogP contribution in [-0.2, 0) is 6.42 Å². The topological polar surface area (TPSA) is 125 Å². The van der Waals surface area contributed by atoms with Crippen LogP contribution in [0.1, 0.15) is 36.6 Å². The molecule has 1 aliphatic rings. The lowest BCUT2D eigenvalue weighted by atomic mass is 9.93. The van der Waals surface area contributed by atoms with Crippen molar-refractivity contribution in [1.29, 1.82) is 0 Å². The van der Waals surface area contributed by atoms with Gasteiger partial charge in [-0.3, -0.25) is 14.8 Å². The van der Waals surface area contributed by atoms with Crippen molar-refractivity contribution in [3.63, 3.8) is 0 Å². The van der Waals surface area contributed by atoms with Gasteiger partial charge in [0.25, 0.3) is 5.56 Å². The maximum atomic E-state index is 12.5. The predicted octanol–water partition coefficient (Wildman–Crippen LogP) is 2.48. The van der Waals surface area contributed by atoms with Crippen molar-refractivity contribution in [2.24, 2.45) is 0 Å². The highest BCUT2D eigenvalue weighted by molar-refractivity contribution is 5.59. The zero-order valence-corrected chi connectivity index (χ0v) is 18.5. The summed E-state index contributed by atoms with van der Waals surface area (Å²) in [7, 11) is 0. The van der Waals surface area contributed by atoms with E-state index in [9.17, 15) is 4.79 Å². The highest BCUT2D eigenvalue weighted by atomic mass is 16.5. The quantitative estimate of drug-likeness (QED) is 0.424. The molecule has 0 spiro atoms. The Morgan fingerprint density at radius 2 is 2.12 bits per heavy atom. The summed E-state index contributed by atoms with van der Waals surface area (Å²) in [6.45, 7) is 6.90. The minimum atomic E-state index is -0.224. The summed E-state index contributed by atoms with van der Waals surface area (Å²) < 4.78 is 5.51. The number of H-pyrrole nitrogens is 1. The van der Waals surface area contributed by atoms with E-state index < -0.39 is 0 Å². The van der Waals surface area contributed by atoms with Gasteiger partial charge < -0.3 is 20.5 Å². The van der Waals surface area contributed by atoms with Gasteiger partial charge >= 0.3 is 0 Å². The van der Waals surface area contributed by atoms with Gasteiger partial charge in [0.15, 0.2) is 0 Å². The Hall–Kier alpha value is -3.46. The molecule has 1 aliphatic heterocycles. The molecule has 1 atom stereocenters. The zero-order valence-electron chi connectivity index (χ0n) is 18.5. The molecule has 4 rings (SSSR count). The number of rotatable bonds is 8. The standard InChI is InChI=1S/C23H28N6O3/c1-13(2)27-23-26-12-19(22(31)29-23)20-5-4-15(14(3)28-20)8-16-10-24-21-18(16)9-17(11-25-21)32-7-6-30/h4-5,9,11-13,16,30H,6-8,10H2,1-3H3,(H,24,25)(H2,26,27,29,31). The zero-order chi connectivity index (χ0) is 22.7. The first kappa shape index (κ1) is 21.8. The molecule has 3 aromatic rings. The van der Waals surface area contributed by atoms with Gasteiger partial charge in [0.2, 0.25) is 5.95 Å². The Labute approximate surface area is 186 Å². The summed E-state index contributed by atoms with van der Waals surface area (Å²) in [5, 5.41) is 15.4. The van der Waals surface area contributed by atoms with Gasteiger partial charge in [0.05, 0.1) is 24.1 Å². The number of aromatic nitrogens is 4. The van der Waals surface area contributed by atoms with Crippen LogP contribution < -0.4 is 20.9 Å². The Morgan fingerprint density at radius 3 is 2.84 bits per heavy atom. The molecule has 4 N–H and O–H groups in total. The average Bonchev–Trinajstić information content (AvgIpc) is 3.15. The summed E-state index contributed by atoms with van der Waals surface area (Å²) in [5.41, 5.74) is 3.90. The number of fused-ring (bicyclic) bond motifs is 1. The minimum absolute atomic E-state index is 0.0364. The third kappa shape index (κ3) is 4.72. The fraction of sp³-hybridized carbons (Fsp3) is 0.391. The van der Waals surface area contributed by atoms with Crippen LogP contribution in [0.4, 0.5) is 11.8 Å². The van der Waals surface area contributed by atoms with E-state index in [1.807, 2.05) is 39.0 Å². The molecule has 4 heterocycles. The largest absolute Gasteiger partial charge is 0.490 e. The lowest BCUT2D eigenvalue weighted by Crippen LogP contribution is -2.18. The second-order valence-corrected chi connectivity index (χ2v) is 8.18. The number of nitrogens with one attached hydrogen (secondary N) is 3.